The predicted molar refractivity (Wildman–Crippen MR) is 112 cm³/mol. The highest BCUT2D eigenvalue weighted by Gasteiger charge is 2.36. The number of benzene rings is 2. The topological polar surface area (TPSA) is 68.4 Å². The maximum atomic E-state index is 13.0. The fourth-order valence-corrected chi connectivity index (χ4v) is 4.04. The quantitative estimate of drug-likeness (QED) is 0.622. The van der Waals surface area contributed by atoms with Crippen molar-refractivity contribution in [3.63, 3.8) is 0 Å². The first kappa shape index (κ1) is 19.2. The van der Waals surface area contributed by atoms with Gasteiger partial charge in [0.2, 0.25) is 5.91 Å². The maximum Gasteiger partial charge on any atom is 0.244 e. The fraction of sp³-hybridized carbons (Fsp3) is 0.381. The number of rotatable bonds is 5. The Kier molecular flexibility index (Phi) is 6.12. The maximum absolute atomic E-state index is 13.0. The predicted octanol–water partition coefficient (Wildman–Crippen LogP) is 2.54. The van der Waals surface area contributed by atoms with Crippen LogP contribution in [-0.4, -0.2) is 36.1 Å². The fourth-order valence-electron chi connectivity index (χ4n) is 3.91. The van der Waals surface area contributed by atoms with E-state index in [0.29, 0.717) is 10.9 Å². The lowest BCUT2D eigenvalue weighted by Gasteiger charge is -2.34. The third-order valence-electron chi connectivity index (χ3n) is 5.51. The number of nitrogens with zero attached hydrogens (tertiary/aromatic N) is 1. The molecular weight excluding hydrogens is 374 g/mol. The van der Waals surface area contributed by atoms with Gasteiger partial charge in [0.05, 0.1) is 0 Å². The second-order valence-electron chi connectivity index (χ2n) is 7.48. The Hall–Kier alpha value is -2.12. The van der Waals surface area contributed by atoms with Crippen LogP contribution in [0.25, 0.3) is 0 Å². The number of nitrogens with one attached hydrogen (secondary N) is 4. The highest BCUT2D eigenvalue weighted by molar-refractivity contribution is 6.30. The molecule has 0 aliphatic carbocycles. The number of carbonyl (C=O) groups is 1. The SMILES string of the molecule is O=C(C1NNNC1Nc1ccc(Cl)cc1)N1CCC(Cc2ccccc2)CC1. The molecular formula is C21H26ClN5O. The summed E-state index contributed by atoms with van der Waals surface area (Å²) < 4.78 is 0. The van der Waals surface area contributed by atoms with Gasteiger partial charge in [0.25, 0.3) is 0 Å². The molecule has 1 amide bonds. The van der Waals surface area contributed by atoms with Crippen LogP contribution in [0.4, 0.5) is 5.69 Å². The van der Waals surface area contributed by atoms with E-state index in [1.165, 1.54) is 5.56 Å². The number of amides is 1. The van der Waals surface area contributed by atoms with Gasteiger partial charge in [-0.05, 0) is 55.0 Å². The Labute approximate surface area is 170 Å². The van der Waals surface area contributed by atoms with Gasteiger partial charge in [0, 0.05) is 23.8 Å². The summed E-state index contributed by atoms with van der Waals surface area (Å²) in [4.78, 5) is 15.0. The van der Waals surface area contributed by atoms with Crippen LogP contribution < -0.4 is 21.7 Å². The van der Waals surface area contributed by atoms with Crippen molar-refractivity contribution in [3.05, 3.63) is 65.2 Å². The molecule has 0 spiro atoms. The van der Waals surface area contributed by atoms with Crippen molar-refractivity contribution in [1.82, 2.24) is 21.3 Å². The number of hydrogen-bond donors (Lipinski definition) is 4. The Bertz CT molecular complexity index is 777. The van der Waals surface area contributed by atoms with E-state index in [4.69, 9.17) is 11.6 Å². The van der Waals surface area contributed by atoms with Gasteiger partial charge < -0.3 is 10.2 Å². The zero-order valence-electron chi connectivity index (χ0n) is 15.7. The molecule has 0 bridgehead atoms. The van der Waals surface area contributed by atoms with Gasteiger partial charge in [-0.2, -0.15) is 5.53 Å². The molecule has 0 radical (unpaired) electrons. The van der Waals surface area contributed by atoms with E-state index in [0.717, 1.165) is 38.0 Å². The van der Waals surface area contributed by atoms with Gasteiger partial charge >= 0.3 is 0 Å². The van der Waals surface area contributed by atoms with Crippen molar-refractivity contribution in [1.29, 1.82) is 0 Å². The molecule has 2 saturated heterocycles. The van der Waals surface area contributed by atoms with E-state index in [9.17, 15) is 4.79 Å². The van der Waals surface area contributed by atoms with Crippen LogP contribution in [0.5, 0.6) is 0 Å². The van der Waals surface area contributed by atoms with E-state index in [-0.39, 0.29) is 18.1 Å². The summed E-state index contributed by atoms with van der Waals surface area (Å²) in [5, 5.41) is 4.02. The van der Waals surface area contributed by atoms with Crippen molar-refractivity contribution in [2.24, 2.45) is 5.92 Å². The zero-order chi connectivity index (χ0) is 19.3. The molecule has 0 saturated carbocycles. The summed E-state index contributed by atoms with van der Waals surface area (Å²) >= 11 is 5.94. The first-order valence-corrected chi connectivity index (χ1v) is 10.2. The summed E-state index contributed by atoms with van der Waals surface area (Å²) in [5.41, 5.74) is 11.3. The smallest absolute Gasteiger partial charge is 0.244 e. The molecule has 4 N–H and O–H groups in total. The molecule has 2 aliphatic rings. The van der Waals surface area contributed by atoms with Gasteiger partial charge in [0.15, 0.2) is 0 Å². The molecule has 2 atom stereocenters. The highest BCUT2D eigenvalue weighted by Crippen LogP contribution is 2.23. The largest absolute Gasteiger partial charge is 0.367 e. The molecule has 4 rings (SSSR count). The summed E-state index contributed by atoms with van der Waals surface area (Å²) in [7, 11) is 0. The minimum Gasteiger partial charge on any atom is -0.367 e. The molecule has 2 aromatic carbocycles. The first-order valence-electron chi connectivity index (χ1n) is 9.80. The van der Waals surface area contributed by atoms with E-state index in [2.05, 4.69) is 52.0 Å². The molecule has 2 aromatic rings. The van der Waals surface area contributed by atoms with Crippen molar-refractivity contribution in [2.75, 3.05) is 18.4 Å². The van der Waals surface area contributed by atoms with Crippen LogP contribution >= 0.6 is 11.6 Å². The Morgan fingerprint density at radius 1 is 1.04 bits per heavy atom. The molecule has 0 aromatic heterocycles. The van der Waals surface area contributed by atoms with Crippen molar-refractivity contribution < 1.29 is 4.79 Å². The Morgan fingerprint density at radius 2 is 1.75 bits per heavy atom. The molecule has 2 unspecified atom stereocenters. The summed E-state index contributed by atoms with van der Waals surface area (Å²) in [5.74, 6) is 0.754. The normalized spacial score (nSPS) is 23.0. The molecule has 28 heavy (non-hydrogen) atoms. The summed E-state index contributed by atoms with van der Waals surface area (Å²) in [6.45, 7) is 1.62. The van der Waals surface area contributed by atoms with Gasteiger partial charge in [-0.1, -0.05) is 41.9 Å². The monoisotopic (exact) mass is 399 g/mol. The van der Waals surface area contributed by atoms with E-state index < -0.39 is 0 Å². The van der Waals surface area contributed by atoms with Gasteiger partial charge in [-0.15, -0.1) is 0 Å². The molecule has 2 fully saturated rings. The number of piperidine rings is 1. The second kappa shape index (κ2) is 8.92. The number of hydrazine groups is 2. The molecule has 7 heteroatoms. The van der Waals surface area contributed by atoms with Crippen LogP contribution in [0, 0.1) is 5.92 Å². The lowest BCUT2D eigenvalue weighted by atomic mass is 9.90. The number of carbonyl (C=O) groups excluding carboxylic acids is 1. The molecule has 2 aliphatic heterocycles. The minimum absolute atomic E-state index is 0.113. The standard InChI is InChI=1S/C21H26ClN5O/c22-17-6-8-18(9-7-17)23-20-19(24-26-25-20)21(28)27-12-10-16(11-13-27)14-15-4-2-1-3-5-15/h1-9,16,19-20,23-26H,10-14H2. The van der Waals surface area contributed by atoms with Crippen LogP contribution in [0.2, 0.25) is 5.02 Å². The van der Waals surface area contributed by atoms with Gasteiger partial charge in [-0.3, -0.25) is 4.79 Å². The van der Waals surface area contributed by atoms with E-state index >= 15 is 0 Å². The van der Waals surface area contributed by atoms with Crippen molar-refractivity contribution in [3.8, 4) is 0 Å². The number of likely N-dealkylation sites (tertiary alicyclic amines) is 1. The number of anilines is 1. The Morgan fingerprint density at radius 3 is 2.46 bits per heavy atom. The third kappa shape index (κ3) is 4.64. The zero-order valence-corrected chi connectivity index (χ0v) is 16.5. The second-order valence-corrected chi connectivity index (χ2v) is 7.92. The van der Waals surface area contributed by atoms with Crippen molar-refractivity contribution >= 4 is 23.2 Å². The van der Waals surface area contributed by atoms with Crippen LogP contribution in [0.3, 0.4) is 0 Å². The Balaban J connectivity index is 1.31. The van der Waals surface area contributed by atoms with Crippen LogP contribution in [0.15, 0.2) is 54.6 Å². The van der Waals surface area contributed by atoms with Crippen molar-refractivity contribution in [2.45, 2.75) is 31.5 Å². The molecule has 148 valence electrons. The average Bonchev–Trinajstić information content (AvgIpc) is 3.19. The average molecular weight is 400 g/mol. The number of hydrogen-bond acceptors (Lipinski definition) is 5. The van der Waals surface area contributed by atoms with Gasteiger partial charge in [-0.25, -0.2) is 10.9 Å². The molecule has 6 nitrogen and oxygen atoms in total. The third-order valence-corrected chi connectivity index (χ3v) is 5.77. The lowest BCUT2D eigenvalue weighted by molar-refractivity contribution is -0.134. The van der Waals surface area contributed by atoms with Crippen LogP contribution in [-0.2, 0) is 11.2 Å². The minimum atomic E-state index is -0.374. The van der Waals surface area contributed by atoms with Crippen LogP contribution in [0.1, 0.15) is 18.4 Å². The van der Waals surface area contributed by atoms with E-state index in [1.54, 1.807) is 0 Å². The van der Waals surface area contributed by atoms with E-state index in [1.807, 2.05) is 29.2 Å². The molecule has 2 heterocycles. The number of halogens is 1. The lowest BCUT2D eigenvalue weighted by Crippen LogP contribution is -2.53. The first-order chi connectivity index (χ1) is 13.7. The van der Waals surface area contributed by atoms with Gasteiger partial charge in [0.1, 0.15) is 12.2 Å². The summed E-state index contributed by atoms with van der Waals surface area (Å²) in [6, 6.07) is 17.7. The highest BCUT2D eigenvalue weighted by atomic mass is 35.5. The summed E-state index contributed by atoms with van der Waals surface area (Å²) in [6.07, 6.45) is 2.94.